The number of anilines is 3. The van der Waals surface area contributed by atoms with Crippen molar-refractivity contribution < 1.29 is 18.7 Å². The molecule has 0 spiro atoms. The molecule has 0 radical (unpaired) electrons. The number of fused-ring (bicyclic) bond motifs is 1. The minimum Gasteiger partial charge on any atom is -0.492 e. The first-order chi connectivity index (χ1) is 15.1. The minimum absolute atomic E-state index is 0.263. The first-order valence-corrected chi connectivity index (χ1v) is 9.73. The molecule has 0 atom stereocenters. The predicted octanol–water partition coefficient (Wildman–Crippen LogP) is 4.31. The van der Waals surface area contributed by atoms with Crippen molar-refractivity contribution in [3.8, 4) is 5.75 Å². The van der Waals surface area contributed by atoms with Crippen LogP contribution in [0.3, 0.4) is 0 Å². The van der Waals surface area contributed by atoms with E-state index in [0.29, 0.717) is 41.5 Å². The summed E-state index contributed by atoms with van der Waals surface area (Å²) in [5.74, 6) is 0.791. The average Bonchev–Trinajstić information content (AvgIpc) is 3.22. The molecule has 0 unspecified atom stereocenters. The van der Waals surface area contributed by atoms with Crippen molar-refractivity contribution in [2.75, 3.05) is 29.1 Å². The van der Waals surface area contributed by atoms with E-state index < -0.39 is 0 Å². The molecular weight excluding hydrogens is 394 g/mol. The zero-order chi connectivity index (χ0) is 21.6. The average molecular weight is 415 g/mol. The summed E-state index contributed by atoms with van der Waals surface area (Å²) in [4.78, 5) is 25.3. The van der Waals surface area contributed by atoms with Crippen molar-refractivity contribution in [3.05, 3.63) is 84.4 Å². The highest BCUT2D eigenvalue weighted by atomic mass is 16.5. The Balaban J connectivity index is 1.33. The Kier molecular flexibility index (Phi) is 5.84. The van der Waals surface area contributed by atoms with Crippen LogP contribution in [-0.4, -0.2) is 25.5 Å². The predicted molar refractivity (Wildman–Crippen MR) is 120 cm³/mol. The lowest BCUT2D eigenvalue weighted by Gasteiger charge is -2.14. The summed E-state index contributed by atoms with van der Waals surface area (Å²) in [5.41, 5.74) is 8.12. The number of rotatable bonds is 8. The van der Waals surface area contributed by atoms with Crippen molar-refractivity contribution in [2.45, 2.75) is 0 Å². The third-order valence-corrected chi connectivity index (χ3v) is 4.75. The van der Waals surface area contributed by atoms with Gasteiger partial charge < -0.3 is 20.2 Å². The summed E-state index contributed by atoms with van der Waals surface area (Å²) in [7, 11) is 0. The first kappa shape index (κ1) is 20.0. The Hall–Kier alpha value is -4.26. The fraction of sp³-hybridized carbons (Fsp3) is 0.0833. The maximum Gasteiger partial charge on any atom is 0.255 e. The van der Waals surface area contributed by atoms with Crippen LogP contribution in [0.5, 0.6) is 5.75 Å². The number of carbonyl (C=O) groups excluding carboxylic acids is 2. The van der Waals surface area contributed by atoms with Gasteiger partial charge in [0.1, 0.15) is 17.9 Å². The highest BCUT2D eigenvalue weighted by Gasteiger charge is 2.12. The molecule has 3 aromatic carbocycles. The summed E-state index contributed by atoms with van der Waals surface area (Å²) in [6.45, 7) is 0.584. The number of benzene rings is 3. The largest absolute Gasteiger partial charge is 0.492 e. The summed E-state index contributed by atoms with van der Waals surface area (Å²) >= 11 is 0. The van der Waals surface area contributed by atoms with Crippen LogP contribution in [0.2, 0.25) is 0 Å². The highest BCUT2D eigenvalue weighted by Crippen LogP contribution is 2.25. The number of carbonyl (C=O) groups is 2. The third kappa shape index (κ3) is 4.67. The molecule has 0 aliphatic rings. The second kappa shape index (κ2) is 9.04. The molecule has 7 heteroatoms. The molecule has 3 N–H and O–H groups in total. The Morgan fingerprint density at radius 1 is 1.03 bits per heavy atom. The third-order valence-electron chi connectivity index (χ3n) is 4.75. The van der Waals surface area contributed by atoms with Crippen LogP contribution < -0.4 is 20.7 Å². The number of ether oxygens (including phenoxy) is 1. The summed E-state index contributed by atoms with van der Waals surface area (Å²) in [6.07, 6.45) is 0.712. The van der Waals surface area contributed by atoms with Gasteiger partial charge in [0.05, 0.1) is 17.9 Å². The van der Waals surface area contributed by atoms with Crippen LogP contribution in [0, 0.1) is 0 Å². The van der Waals surface area contributed by atoms with Crippen molar-refractivity contribution in [1.82, 2.24) is 0 Å². The SMILES string of the molecule is Nc1ccccc1NC(=O)c1ccc(OCCN(C=O)c2cc3ccccc3o2)cc1. The van der Waals surface area contributed by atoms with Crippen LogP contribution in [0.25, 0.3) is 11.0 Å². The van der Waals surface area contributed by atoms with E-state index in [1.54, 1.807) is 48.5 Å². The van der Waals surface area contributed by atoms with E-state index in [2.05, 4.69) is 5.32 Å². The molecule has 0 aliphatic carbocycles. The van der Waals surface area contributed by atoms with E-state index >= 15 is 0 Å². The fourth-order valence-corrected chi connectivity index (χ4v) is 3.09. The molecule has 0 fully saturated rings. The number of nitrogens with one attached hydrogen (secondary N) is 1. The standard InChI is InChI=1S/C24H21N3O4/c25-20-6-2-3-7-21(20)26-24(29)17-9-11-19(12-10-17)30-14-13-27(16-28)23-15-18-5-1-4-8-22(18)31-23/h1-12,15-16H,13-14,25H2,(H,26,29). The molecule has 0 saturated heterocycles. The Morgan fingerprint density at radius 2 is 1.77 bits per heavy atom. The van der Waals surface area contributed by atoms with Gasteiger partial charge >= 0.3 is 0 Å². The lowest BCUT2D eigenvalue weighted by molar-refractivity contribution is -0.107. The molecule has 4 rings (SSSR count). The van der Waals surface area contributed by atoms with Crippen molar-refractivity contribution in [3.63, 3.8) is 0 Å². The van der Waals surface area contributed by atoms with Gasteiger partial charge in [-0.2, -0.15) is 0 Å². The van der Waals surface area contributed by atoms with Crippen molar-refractivity contribution in [1.29, 1.82) is 0 Å². The Labute approximate surface area is 179 Å². The van der Waals surface area contributed by atoms with Crippen LogP contribution in [0.4, 0.5) is 17.3 Å². The quantitative estimate of drug-likeness (QED) is 0.330. The second-order valence-corrected chi connectivity index (χ2v) is 6.84. The number of nitrogen functional groups attached to an aromatic ring is 1. The molecule has 1 aromatic heterocycles. The Morgan fingerprint density at radius 3 is 2.52 bits per heavy atom. The number of para-hydroxylation sites is 3. The number of furan rings is 1. The van der Waals surface area contributed by atoms with Gasteiger partial charge in [-0.15, -0.1) is 0 Å². The van der Waals surface area contributed by atoms with Gasteiger partial charge in [-0.3, -0.25) is 14.5 Å². The van der Waals surface area contributed by atoms with E-state index in [1.165, 1.54) is 4.90 Å². The second-order valence-electron chi connectivity index (χ2n) is 6.84. The maximum atomic E-state index is 12.4. The van der Waals surface area contributed by atoms with Gasteiger partial charge in [-0.1, -0.05) is 30.3 Å². The van der Waals surface area contributed by atoms with E-state index in [-0.39, 0.29) is 12.5 Å². The minimum atomic E-state index is -0.263. The molecule has 4 aromatic rings. The number of nitrogens with zero attached hydrogens (tertiary/aromatic N) is 1. The lowest BCUT2D eigenvalue weighted by atomic mass is 10.2. The van der Waals surface area contributed by atoms with Gasteiger partial charge in [0.15, 0.2) is 0 Å². The van der Waals surface area contributed by atoms with Gasteiger partial charge in [0.2, 0.25) is 12.3 Å². The van der Waals surface area contributed by atoms with E-state index in [9.17, 15) is 9.59 Å². The number of hydrogen-bond acceptors (Lipinski definition) is 5. The molecule has 0 aliphatic heterocycles. The molecule has 2 amide bonds. The molecular formula is C24H21N3O4. The summed E-state index contributed by atoms with van der Waals surface area (Å²) in [5, 5.41) is 3.71. The zero-order valence-corrected chi connectivity index (χ0v) is 16.7. The number of hydrogen-bond donors (Lipinski definition) is 2. The van der Waals surface area contributed by atoms with Gasteiger partial charge in [0, 0.05) is 17.0 Å². The van der Waals surface area contributed by atoms with Crippen LogP contribution in [0.1, 0.15) is 10.4 Å². The smallest absolute Gasteiger partial charge is 0.255 e. The van der Waals surface area contributed by atoms with Gasteiger partial charge in [0.25, 0.3) is 5.91 Å². The van der Waals surface area contributed by atoms with E-state index in [0.717, 1.165) is 11.0 Å². The molecule has 0 saturated carbocycles. The first-order valence-electron chi connectivity index (χ1n) is 9.73. The Bertz CT molecular complexity index is 1170. The molecule has 7 nitrogen and oxygen atoms in total. The normalized spacial score (nSPS) is 10.6. The fourth-order valence-electron chi connectivity index (χ4n) is 3.09. The summed E-state index contributed by atoms with van der Waals surface area (Å²) < 4.78 is 11.4. The topological polar surface area (TPSA) is 97.8 Å². The van der Waals surface area contributed by atoms with Crippen LogP contribution in [0.15, 0.2) is 83.3 Å². The number of amides is 2. The van der Waals surface area contributed by atoms with Crippen LogP contribution in [-0.2, 0) is 4.79 Å². The lowest BCUT2D eigenvalue weighted by Crippen LogP contribution is -2.26. The van der Waals surface area contributed by atoms with Gasteiger partial charge in [-0.25, -0.2) is 0 Å². The van der Waals surface area contributed by atoms with E-state index in [1.807, 2.05) is 30.3 Å². The summed E-state index contributed by atoms with van der Waals surface area (Å²) in [6, 6.07) is 23.2. The monoisotopic (exact) mass is 415 g/mol. The maximum absolute atomic E-state index is 12.4. The molecule has 31 heavy (non-hydrogen) atoms. The molecule has 156 valence electrons. The van der Waals surface area contributed by atoms with Crippen molar-refractivity contribution in [2.24, 2.45) is 0 Å². The van der Waals surface area contributed by atoms with E-state index in [4.69, 9.17) is 14.9 Å². The highest BCUT2D eigenvalue weighted by molar-refractivity contribution is 6.05. The number of nitrogens with two attached hydrogens (primary N) is 1. The molecule has 1 heterocycles. The van der Waals surface area contributed by atoms with Gasteiger partial charge in [-0.05, 0) is 42.5 Å². The van der Waals surface area contributed by atoms with Crippen molar-refractivity contribution >= 4 is 40.5 Å². The van der Waals surface area contributed by atoms with Crippen LogP contribution >= 0.6 is 0 Å². The molecule has 0 bridgehead atoms. The zero-order valence-electron chi connectivity index (χ0n) is 16.7.